The van der Waals surface area contributed by atoms with Gasteiger partial charge in [-0.05, 0) is 44.7 Å². The zero-order valence-corrected chi connectivity index (χ0v) is 12.5. The van der Waals surface area contributed by atoms with Crippen LogP contribution in [0.2, 0.25) is 0 Å². The maximum atomic E-state index is 11.7. The first kappa shape index (κ1) is 14.8. The van der Waals surface area contributed by atoms with Gasteiger partial charge in [0.25, 0.3) is 0 Å². The topological polar surface area (TPSA) is 44.4 Å². The number of hydrogen-bond acceptors (Lipinski definition) is 3. The highest BCUT2D eigenvalue weighted by atomic mass is 16.1. The van der Waals surface area contributed by atoms with Crippen LogP contribution in [0.15, 0.2) is 0 Å². The highest BCUT2D eigenvalue weighted by Gasteiger charge is 2.34. The molecule has 110 valence electrons. The molecule has 1 aliphatic heterocycles. The van der Waals surface area contributed by atoms with Crippen LogP contribution in [0.5, 0.6) is 0 Å². The van der Waals surface area contributed by atoms with Crippen molar-refractivity contribution in [1.82, 2.24) is 15.5 Å². The molecule has 2 aliphatic rings. The summed E-state index contributed by atoms with van der Waals surface area (Å²) >= 11 is 0. The van der Waals surface area contributed by atoms with Gasteiger partial charge in [0.15, 0.2) is 0 Å². The fourth-order valence-corrected chi connectivity index (χ4v) is 2.79. The Bertz CT molecular complexity index is 289. The summed E-state index contributed by atoms with van der Waals surface area (Å²) in [7, 11) is 0. The Balaban J connectivity index is 1.49. The van der Waals surface area contributed by atoms with Gasteiger partial charge in [0, 0.05) is 31.6 Å². The van der Waals surface area contributed by atoms with E-state index in [0.29, 0.717) is 18.4 Å². The van der Waals surface area contributed by atoms with Crippen molar-refractivity contribution in [3.8, 4) is 0 Å². The van der Waals surface area contributed by atoms with Crippen LogP contribution in [-0.4, -0.2) is 49.1 Å². The van der Waals surface area contributed by atoms with Gasteiger partial charge >= 0.3 is 0 Å². The van der Waals surface area contributed by atoms with Crippen LogP contribution in [0.4, 0.5) is 0 Å². The summed E-state index contributed by atoms with van der Waals surface area (Å²) in [5.41, 5.74) is 0. The molecule has 0 aromatic rings. The molecule has 1 aliphatic carbocycles. The molecule has 1 amide bonds. The second kappa shape index (κ2) is 7.25. The van der Waals surface area contributed by atoms with Crippen molar-refractivity contribution in [2.45, 2.75) is 58.0 Å². The van der Waals surface area contributed by atoms with Crippen LogP contribution >= 0.6 is 0 Å². The summed E-state index contributed by atoms with van der Waals surface area (Å²) in [6.45, 7) is 8.50. The first-order chi connectivity index (χ1) is 9.15. The van der Waals surface area contributed by atoms with E-state index < -0.39 is 0 Å². The van der Waals surface area contributed by atoms with E-state index in [1.165, 1.54) is 32.4 Å². The van der Waals surface area contributed by atoms with Gasteiger partial charge in [-0.1, -0.05) is 13.8 Å². The molecule has 0 spiro atoms. The highest BCUT2D eigenvalue weighted by Crippen LogP contribution is 2.31. The van der Waals surface area contributed by atoms with E-state index >= 15 is 0 Å². The molecule has 1 atom stereocenters. The predicted molar refractivity (Wildman–Crippen MR) is 78.1 cm³/mol. The maximum absolute atomic E-state index is 11.7. The number of rotatable bonds is 8. The van der Waals surface area contributed by atoms with Gasteiger partial charge in [0.05, 0.1) is 0 Å². The summed E-state index contributed by atoms with van der Waals surface area (Å²) in [4.78, 5) is 14.3. The van der Waals surface area contributed by atoms with E-state index in [4.69, 9.17) is 0 Å². The standard InChI is InChI=1S/C15H29N3O/c1-12(2)16-8-3-4-15(19)17-10-13-7-9-18(11-13)14-5-6-14/h12-14,16H,3-11H2,1-2H3,(H,17,19). The van der Waals surface area contributed by atoms with Crippen LogP contribution in [0, 0.1) is 5.92 Å². The van der Waals surface area contributed by atoms with Gasteiger partial charge in [0.1, 0.15) is 0 Å². The van der Waals surface area contributed by atoms with E-state index in [-0.39, 0.29) is 5.91 Å². The zero-order chi connectivity index (χ0) is 13.7. The van der Waals surface area contributed by atoms with Crippen LogP contribution in [-0.2, 0) is 4.79 Å². The number of likely N-dealkylation sites (tertiary alicyclic amines) is 1. The van der Waals surface area contributed by atoms with Gasteiger partial charge in [-0.3, -0.25) is 4.79 Å². The van der Waals surface area contributed by atoms with Crippen molar-refractivity contribution in [2.24, 2.45) is 5.92 Å². The first-order valence-electron chi connectivity index (χ1n) is 7.89. The molecule has 1 unspecified atom stereocenters. The lowest BCUT2D eigenvalue weighted by Crippen LogP contribution is -2.32. The molecule has 4 nitrogen and oxygen atoms in total. The molecule has 0 radical (unpaired) electrons. The smallest absolute Gasteiger partial charge is 0.220 e. The first-order valence-corrected chi connectivity index (χ1v) is 7.89. The minimum Gasteiger partial charge on any atom is -0.356 e. The number of amides is 1. The molecule has 1 heterocycles. The second-order valence-corrected chi connectivity index (χ2v) is 6.40. The Morgan fingerprint density at radius 1 is 1.32 bits per heavy atom. The zero-order valence-electron chi connectivity index (χ0n) is 12.5. The Kier molecular flexibility index (Phi) is 5.64. The lowest BCUT2D eigenvalue weighted by Gasteiger charge is -2.15. The molecule has 1 saturated heterocycles. The van der Waals surface area contributed by atoms with E-state index in [2.05, 4.69) is 29.4 Å². The quantitative estimate of drug-likeness (QED) is 0.653. The lowest BCUT2D eigenvalue weighted by molar-refractivity contribution is -0.121. The molecule has 2 rings (SSSR count). The molecule has 0 aromatic carbocycles. The number of hydrogen-bond donors (Lipinski definition) is 2. The number of nitrogens with one attached hydrogen (secondary N) is 2. The minimum atomic E-state index is 0.218. The monoisotopic (exact) mass is 267 g/mol. The number of carbonyl (C=O) groups is 1. The van der Waals surface area contributed by atoms with Crippen molar-refractivity contribution < 1.29 is 4.79 Å². The molecule has 1 saturated carbocycles. The van der Waals surface area contributed by atoms with Crippen LogP contribution < -0.4 is 10.6 Å². The Morgan fingerprint density at radius 3 is 2.79 bits per heavy atom. The van der Waals surface area contributed by atoms with Crippen LogP contribution in [0.1, 0.15) is 46.0 Å². The van der Waals surface area contributed by atoms with Crippen molar-refractivity contribution in [2.75, 3.05) is 26.2 Å². The molecular formula is C15H29N3O. The fourth-order valence-electron chi connectivity index (χ4n) is 2.79. The van der Waals surface area contributed by atoms with Crippen LogP contribution in [0.3, 0.4) is 0 Å². The summed E-state index contributed by atoms with van der Waals surface area (Å²) < 4.78 is 0. The Hall–Kier alpha value is -0.610. The molecule has 0 bridgehead atoms. The van der Waals surface area contributed by atoms with Crippen molar-refractivity contribution >= 4 is 5.91 Å². The molecular weight excluding hydrogens is 238 g/mol. The van der Waals surface area contributed by atoms with E-state index in [9.17, 15) is 4.79 Å². The maximum Gasteiger partial charge on any atom is 0.220 e. The third-order valence-corrected chi connectivity index (χ3v) is 4.10. The molecule has 4 heteroatoms. The average Bonchev–Trinajstić information content (AvgIpc) is 3.11. The highest BCUT2D eigenvalue weighted by molar-refractivity contribution is 5.75. The van der Waals surface area contributed by atoms with Crippen molar-refractivity contribution in [3.63, 3.8) is 0 Å². The third-order valence-electron chi connectivity index (χ3n) is 4.10. The second-order valence-electron chi connectivity index (χ2n) is 6.40. The molecule has 2 N–H and O–H groups in total. The van der Waals surface area contributed by atoms with E-state index in [1.807, 2.05) is 0 Å². The minimum absolute atomic E-state index is 0.218. The van der Waals surface area contributed by atoms with E-state index in [0.717, 1.165) is 25.6 Å². The lowest BCUT2D eigenvalue weighted by atomic mass is 10.1. The molecule has 2 fully saturated rings. The summed E-state index contributed by atoms with van der Waals surface area (Å²) in [5, 5.41) is 6.44. The van der Waals surface area contributed by atoms with Gasteiger partial charge in [-0.15, -0.1) is 0 Å². The van der Waals surface area contributed by atoms with E-state index in [1.54, 1.807) is 0 Å². The fraction of sp³-hybridized carbons (Fsp3) is 0.933. The third kappa shape index (κ3) is 5.49. The normalized spacial score (nSPS) is 24.1. The van der Waals surface area contributed by atoms with Crippen molar-refractivity contribution in [3.05, 3.63) is 0 Å². The molecule has 0 aromatic heterocycles. The average molecular weight is 267 g/mol. The van der Waals surface area contributed by atoms with Crippen LogP contribution in [0.25, 0.3) is 0 Å². The Morgan fingerprint density at radius 2 is 2.11 bits per heavy atom. The van der Waals surface area contributed by atoms with Gasteiger partial charge in [0.2, 0.25) is 5.91 Å². The number of nitrogens with zero attached hydrogens (tertiary/aromatic N) is 1. The number of carbonyl (C=O) groups excluding carboxylic acids is 1. The summed E-state index contributed by atoms with van der Waals surface area (Å²) in [6, 6.07) is 1.39. The predicted octanol–water partition coefficient (Wildman–Crippen LogP) is 1.37. The van der Waals surface area contributed by atoms with Crippen molar-refractivity contribution in [1.29, 1.82) is 0 Å². The van der Waals surface area contributed by atoms with Gasteiger partial charge in [-0.2, -0.15) is 0 Å². The van der Waals surface area contributed by atoms with Gasteiger partial charge in [-0.25, -0.2) is 0 Å². The summed E-state index contributed by atoms with van der Waals surface area (Å²) in [6.07, 6.45) is 5.62. The SMILES string of the molecule is CC(C)NCCCC(=O)NCC1CCN(C2CC2)C1. The summed E-state index contributed by atoms with van der Waals surface area (Å²) in [5.74, 6) is 0.897. The largest absolute Gasteiger partial charge is 0.356 e. The Labute approximate surface area is 117 Å². The van der Waals surface area contributed by atoms with Gasteiger partial charge < -0.3 is 15.5 Å². The molecule has 19 heavy (non-hydrogen) atoms.